The van der Waals surface area contributed by atoms with E-state index in [-0.39, 0.29) is 5.56 Å². The van der Waals surface area contributed by atoms with Gasteiger partial charge in [-0.2, -0.15) is 0 Å². The molecule has 2 heterocycles. The third-order valence-corrected chi connectivity index (χ3v) is 3.01. The Morgan fingerprint density at radius 1 is 1.05 bits per heavy atom. The molecule has 0 aliphatic rings. The van der Waals surface area contributed by atoms with E-state index in [0.717, 1.165) is 16.5 Å². The summed E-state index contributed by atoms with van der Waals surface area (Å²) in [6, 6.07) is 7.72. The van der Waals surface area contributed by atoms with Crippen molar-refractivity contribution >= 4 is 23.1 Å². The van der Waals surface area contributed by atoms with E-state index in [4.69, 9.17) is 0 Å². The van der Waals surface area contributed by atoms with Gasteiger partial charge < -0.3 is 10.1 Å². The number of benzene rings is 1. The van der Waals surface area contributed by atoms with Crippen LogP contribution < -0.4 is 11.2 Å². The van der Waals surface area contributed by atoms with E-state index in [1.54, 1.807) is 12.3 Å². The van der Waals surface area contributed by atoms with Crippen LogP contribution in [0.5, 0.6) is 5.88 Å². The number of aromatic amines is 3. The molecule has 20 heavy (non-hydrogen) atoms. The number of rotatable bonds is 2. The van der Waals surface area contributed by atoms with Gasteiger partial charge in [0.2, 0.25) is 5.88 Å². The van der Waals surface area contributed by atoms with Crippen LogP contribution in [0.1, 0.15) is 11.1 Å². The number of para-hydroxylation sites is 1. The quantitative estimate of drug-likeness (QED) is 0.565. The maximum absolute atomic E-state index is 11.6. The normalized spacial score (nSPS) is 11.4. The smallest absolute Gasteiger partial charge is 0.328 e. The zero-order valence-electron chi connectivity index (χ0n) is 10.3. The second-order valence-electron chi connectivity index (χ2n) is 4.29. The highest BCUT2D eigenvalue weighted by molar-refractivity contribution is 5.91. The molecule has 2 aromatic heterocycles. The number of hydrogen-bond donors (Lipinski definition) is 4. The van der Waals surface area contributed by atoms with E-state index < -0.39 is 17.1 Å². The molecule has 6 nitrogen and oxygen atoms in total. The van der Waals surface area contributed by atoms with E-state index in [2.05, 4.69) is 15.0 Å². The lowest BCUT2D eigenvalue weighted by atomic mass is 10.1. The van der Waals surface area contributed by atoms with Crippen molar-refractivity contribution in [2.24, 2.45) is 0 Å². The van der Waals surface area contributed by atoms with Gasteiger partial charge in [0.25, 0.3) is 5.56 Å². The molecular weight excluding hydrogens is 258 g/mol. The Morgan fingerprint density at radius 2 is 1.85 bits per heavy atom. The van der Waals surface area contributed by atoms with Gasteiger partial charge in [-0.05, 0) is 17.7 Å². The molecule has 3 aromatic rings. The standard InChI is InChI=1S/C14H11N3O3/c18-12-10(13(19)17-14(20)16-12)6-5-8-7-15-11-4-2-1-3-9(8)11/h1-7,15H,(H3,16,17,18,19,20). The number of aromatic nitrogens is 3. The number of fused-ring (bicyclic) bond motifs is 1. The Hall–Kier alpha value is -3.02. The fraction of sp³-hybridized carbons (Fsp3) is 0. The van der Waals surface area contributed by atoms with Gasteiger partial charge in [0.05, 0.1) is 5.56 Å². The number of hydrogen-bond acceptors (Lipinski definition) is 3. The number of aromatic hydroxyl groups is 1. The molecule has 0 saturated carbocycles. The number of H-pyrrole nitrogens is 3. The van der Waals surface area contributed by atoms with Crippen LogP contribution in [-0.4, -0.2) is 20.1 Å². The van der Waals surface area contributed by atoms with Crippen molar-refractivity contribution in [3.05, 3.63) is 62.4 Å². The lowest BCUT2D eigenvalue weighted by Crippen LogP contribution is -2.23. The third-order valence-electron chi connectivity index (χ3n) is 3.01. The molecule has 1 aromatic carbocycles. The Balaban J connectivity index is 2.07. The molecule has 0 saturated heterocycles. The molecule has 6 heteroatoms. The molecular formula is C14H11N3O3. The van der Waals surface area contributed by atoms with E-state index in [0.29, 0.717) is 0 Å². The molecule has 0 radical (unpaired) electrons. The van der Waals surface area contributed by atoms with E-state index in [1.165, 1.54) is 6.08 Å². The maximum atomic E-state index is 11.6. The Morgan fingerprint density at radius 3 is 2.65 bits per heavy atom. The highest BCUT2D eigenvalue weighted by atomic mass is 16.3. The van der Waals surface area contributed by atoms with Crippen LogP contribution in [-0.2, 0) is 0 Å². The lowest BCUT2D eigenvalue weighted by molar-refractivity contribution is 0.447. The average molecular weight is 269 g/mol. The van der Waals surface area contributed by atoms with Gasteiger partial charge in [-0.3, -0.25) is 14.8 Å². The minimum absolute atomic E-state index is 0.00915. The highest BCUT2D eigenvalue weighted by Gasteiger charge is 2.05. The first kappa shape index (κ1) is 12.0. The summed E-state index contributed by atoms with van der Waals surface area (Å²) in [6.07, 6.45) is 4.96. The van der Waals surface area contributed by atoms with Crippen LogP contribution in [0.25, 0.3) is 23.1 Å². The molecule has 0 aliphatic carbocycles. The molecule has 4 N–H and O–H groups in total. The maximum Gasteiger partial charge on any atom is 0.328 e. The first-order valence-corrected chi connectivity index (χ1v) is 5.95. The summed E-state index contributed by atoms with van der Waals surface area (Å²) in [7, 11) is 0. The SMILES string of the molecule is O=c1[nH]c(O)c(C=Cc2c[nH]c3ccccc23)c(=O)[nH]1. The van der Waals surface area contributed by atoms with E-state index >= 15 is 0 Å². The molecule has 0 unspecified atom stereocenters. The summed E-state index contributed by atoms with van der Waals surface area (Å²) in [4.78, 5) is 29.9. The van der Waals surface area contributed by atoms with Crippen molar-refractivity contribution in [1.82, 2.24) is 15.0 Å². The average Bonchev–Trinajstić information content (AvgIpc) is 2.81. The first-order valence-electron chi connectivity index (χ1n) is 5.95. The van der Waals surface area contributed by atoms with Crippen molar-refractivity contribution in [2.45, 2.75) is 0 Å². The number of nitrogens with one attached hydrogen (secondary N) is 3. The fourth-order valence-corrected chi connectivity index (χ4v) is 2.04. The van der Waals surface area contributed by atoms with Crippen molar-refractivity contribution < 1.29 is 5.11 Å². The second kappa shape index (κ2) is 4.58. The summed E-state index contributed by atoms with van der Waals surface area (Å²) >= 11 is 0. The summed E-state index contributed by atoms with van der Waals surface area (Å²) < 4.78 is 0. The van der Waals surface area contributed by atoms with Crippen LogP contribution >= 0.6 is 0 Å². The molecule has 3 rings (SSSR count). The zero-order chi connectivity index (χ0) is 14.1. The van der Waals surface area contributed by atoms with Crippen LogP contribution in [0.15, 0.2) is 40.1 Å². The molecule has 0 bridgehead atoms. The van der Waals surface area contributed by atoms with Crippen LogP contribution in [0.2, 0.25) is 0 Å². The summed E-state index contributed by atoms with van der Waals surface area (Å²) in [5, 5.41) is 10.6. The van der Waals surface area contributed by atoms with Gasteiger partial charge >= 0.3 is 5.69 Å². The van der Waals surface area contributed by atoms with Gasteiger partial charge in [0, 0.05) is 17.1 Å². The van der Waals surface area contributed by atoms with Crippen LogP contribution in [0, 0.1) is 0 Å². The fourth-order valence-electron chi connectivity index (χ4n) is 2.04. The van der Waals surface area contributed by atoms with Gasteiger partial charge in [-0.25, -0.2) is 4.79 Å². The summed E-state index contributed by atoms with van der Waals surface area (Å²) in [6.45, 7) is 0. The Kier molecular flexibility index (Phi) is 2.76. The minimum atomic E-state index is -0.739. The molecule has 0 fully saturated rings. The third kappa shape index (κ3) is 2.03. The van der Waals surface area contributed by atoms with E-state index in [9.17, 15) is 14.7 Å². The monoisotopic (exact) mass is 269 g/mol. The summed E-state index contributed by atoms with van der Waals surface area (Å²) in [5.74, 6) is -0.449. The van der Waals surface area contributed by atoms with Gasteiger partial charge in [0.1, 0.15) is 0 Å². The second-order valence-corrected chi connectivity index (χ2v) is 4.29. The molecule has 0 spiro atoms. The van der Waals surface area contributed by atoms with Gasteiger partial charge in [0.15, 0.2) is 0 Å². The minimum Gasteiger partial charge on any atom is -0.494 e. The topological polar surface area (TPSA) is 102 Å². The largest absolute Gasteiger partial charge is 0.494 e. The molecule has 0 amide bonds. The van der Waals surface area contributed by atoms with Crippen molar-refractivity contribution in [2.75, 3.05) is 0 Å². The van der Waals surface area contributed by atoms with E-state index in [1.807, 2.05) is 24.3 Å². The lowest BCUT2D eigenvalue weighted by Gasteiger charge is -1.96. The molecule has 100 valence electrons. The first-order chi connectivity index (χ1) is 9.65. The Bertz CT molecular complexity index is 915. The van der Waals surface area contributed by atoms with Crippen molar-refractivity contribution in [1.29, 1.82) is 0 Å². The van der Waals surface area contributed by atoms with Crippen LogP contribution in [0.3, 0.4) is 0 Å². The Labute approximate surface area is 112 Å². The van der Waals surface area contributed by atoms with Gasteiger partial charge in [-0.1, -0.05) is 24.3 Å². The van der Waals surface area contributed by atoms with Crippen LogP contribution in [0.4, 0.5) is 0 Å². The zero-order valence-corrected chi connectivity index (χ0v) is 10.3. The summed E-state index contributed by atoms with van der Waals surface area (Å²) in [5.41, 5.74) is 0.492. The predicted octanol–water partition coefficient (Wildman–Crippen LogP) is 1.42. The molecule has 0 atom stereocenters. The predicted molar refractivity (Wildman–Crippen MR) is 76.6 cm³/mol. The van der Waals surface area contributed by atoms with Gasteiger partial charge in [-0.15, -0.1) is 0 Å². The van der Waals surface area contributed by atoms with Crippen molar-refractivity contribution in [3.8, 4) is 5.88 Å². The highest BCUT2D eigenvalue weighted by Crippen LogP contribution is 2.20. The molecule has 0 aliphatic heterocycles. The van der Waals surface area contributed by atoms with Crippen molar-refractivity contribution in [3.63, 3.8) is 0 Å².